The summed E-state index contributed by atoms with van der Waals surface area (Å²) in [4.78, 5) is 11.6. The Morgan fingerprint density at radius 3 is 2.85 bits per heavy atom. The fourth-order valence-corrected chi connectivity index (χ4v) is 3.13. The first-order valence-corrected chi connectivity index (χ1v) is 7.87. The van der Waals surface area contributed by atoms with Crippen LogP contribution in [-0.4, -0.2) is 34.5 Å². The second-order valence-electron chi connectivity index (χ2n) is 6.18. The Morgan fingerprint density at radius 1 is 1.35 bits per heavy atom. The molecule has 0 aliphatic heterocycles. The third-order valence-corrected chi connectivity index (χ3v) is 4.18. The van der Waals surface area contributed by atoms with E-state index in [1.807, 2.05) is 13.0 Å². The summed E-state index contributed by atoms with van der Waals surface area (Å²) in [6.45, 7) is 8.23. The highest BCUT2D eigenvalue weighted by Gasteiger charge is 2.22. The van der Waals surface area contributed by atoms with Crippen LogP contribution in [0.25, 0.3) is 0 Å². The minimum atomic E-state index is 0.686. The SMILES string of the molecule is CCNc1cc(C)nc(CN(C)C2CCCC(C)C2)n1. The second kappa shape index (κ2) is 7.02. The van der Waals surface area contributed by atoms with Gasteiger partial charge in [0.25, 0.3) is 0 Å². The van der Waals surface area contributed by atoms with E-state index in [2.05, 4.69) is 41.1 Å². The summed E-state index contributed by atoms with van der Waals surface area (Å²) in [7, 11) is 2.21. The van der Waals surface area contributed by atoms with Gasteiger partial charge in [-0.2, -0.15) is 0 Å². The van der Waals surface area contributed by atoms with Gasteiger partial charge >= 0.3 is 0 Å². The van der Waals surface area contributed by atoms with Crippen LogP contribution in [0.1, 0.15) is 51.0 Å². The van der Waals surface area contributed by atoms with E-state index in [1.54, 1.807) is 0 Å². The van der Waals surface area contributed by atoms with Crippen molar-refractivity contribution in [3.05, 3.63) is 17.6 Å². The zero-order valence-corrected chi connectivity index (χ0v) is 13.3. The highest BCUT2D eigenvalue weighted by Crippen LogP contribution is 2.27. The van der Waals surface area contributed by atoms with Crippen molar-refractivity contribution < 1.29 is 0 Å². The first-order chi connectivity index (χ1) is 9.58. The normalized spacial score (nSPS) is 23.1. The van der Waals surface area contributed by atoms with Crippen molar-refractivity contribution in [1.29, 1.82) is 0 Å². The number of aromatic nitrogens is 2. The smallest absolute Gasteiger partial charge is 0.144 e. The molecule has 4 nitrogen and oxygen atoms in total. The summed E-state index contributed by atoms with van der Waals surface area (Å²) in [6.07, 6.45) is 5.36. The van der Waals surface area contributed by atoms with Gasteiger partial charge < -0.3 is 5.32 Å². The number of hydrogen-bond acceptors (Lipinski definition) is 4. The highest BCUT2D eigenvalue weighted by molar-refractivity contribution is 5.35. The third kappa shape index (κ3) is 4.17. The quantitative estimate of drug-likeness (QED) is 0.896. The van der Waals surface area contributed by atoms with Crippen LogP contribution in [0.2, 0.25) is 0 Å². The van der Waals surface area contributed by atoms with Gasteiger partial charge in [-0.05, 0) is 39.7 Å². The van der Waals surface area contributed by atoms with Crippen LogP contribution in [-0.2, 0) is 6.54 Å². The van der Waals surface area contributed by atoms with E-state index in [9.17, 15) is 0 Å². The van der Waals surface area contributed by atoms with E-state index < -0.39 is 0 Å². The molecule has 20 heavy (non-hydrogen) atoms. The molecule has 1 aliphatic carbocycles. The number of aryl methyl sites for hydroxylation is 1. The van der Waals surface area contributed by atoms with Crippen molar-refractivity contribution >= 4 is 5.82 Å². The van der Waals surface area contributed by atoms with Crippen LogP contribution in [0.3, 0.4) is 0 Å². The Kier molecular flexibility index (Phi) is 5.35. The zero-order valence-electron chi connectivity index (χ0n) is 13.3. The first kappa shape index (κ1) is 15.2. The molecule has 1 N–H and O–H groups in total. The summed E-state index contributed by atoms with van der Waals surface area (Å²) >= 11 is 0. The lowest BCUT2D eigenvalue weighted by molar-refractivity contribution is 0.154. The molecule has 1 aromatic rings. The van der Waals surface area contributed by atoms with Gasteiger partial charge in [-0.3, -0.25) is 4.90 Å². The van der Waals surface area contributed by atoms with Crippen LogP contribution < -0.4 is 5.32 Å². The number of hydrogen-bond donors (Lipinski definition) is 1. The predicted octanol–water partition coefficient (Wildman–Crippen LogP) is 3.23. The molecule has 1 heterocycles. The van der Waals surface area contributed by atoms with E-state index in [4.69, 9.17) is 0 Å². The van der Waals surface area contributed by atoms with E-state index in [0.29, 0.717) is 6.04 Å². The van der Waals surface area contributed by atoms with Crippen molar-refractivity contribution in [2.45, 2.75) is 59.0 Å². The molecule has 1 saturated carbocycles. The van der Waals surface area contributed by atoms with Crippen molar-refractivity contribution in [3.63, 3.8) is 0 Å². The maximum absolute atomic E-state index is 4.61. The zero-order chi connectivity index (χ0) is 14.5. The summed E-state index contributed by atoms with van der Waals surface area (Å²) in [5.41, 5.74) is 1.04. The lowest BCUT2D eigenvalue weighted by Gasteiger charge is -2.33. The molecule has 2 unspecified atom stereocenters. The molecule has 1 fully saturated rings. The Hall–Kier alpha value is -1.16. The second-order valence-corrected chi connectivity index (χ2v) is 6.18. The molecular formula is C16H28N4. The monoisotopic (exact) mass is 276 g/mol. The average Bonchev–Trinajstić information content (AvgIpc) is 2.38. The number of nitrogens with one attached hydrogen (secondary N) is 1. The van der Waals surface area contributed by atoms with Crippen LogP contribution in [0, 0.1) is 12.8 Å². The number of anilines is 1. The van der Waals surface area contributed by atoms with Gasteiger partial charge in [0.1, 0.15) is 11.6 Å². The molecule has 0 aromatic carbocycles. The van der Waals surface area contributed by atoms with Gasteiger partial charge in [-0.15, -0.1) is 0 Å². The maximum atomic E-state index is 4.61. The Morgan fingerprint density at radius 2 is 2.15 bits per heavy atom. The van der Waals surface area contributed by atoms with Crippen molar-refractivity contribution in [3.8, 4) is 0 Å². The molecular weight excluding hydrogens is 248 g/mol. The van der Waals surface area contributed by atoms with Crippen molar-refractivity contribution in [2.75, 3.05) is 18.9 Å². The maximum Gasteiger partial charge on any atom is 0.144 e. The van der Waals surface area contributed by atoms with Gasteiger partial charge in [0.15, 0.2) is 0 Å². The van der Waals surface area contributed by atoms with Crippen LogP contribution in [0.4, 0.5) is 5.82 Å². The van der Waals surface area contributed by atoms with Crippen LogP contribution in [0.5, 0.6) is 0 Å². The standard InChI is InChI=1S/C16H28N4/c1-5-17-15-10-13(3)18-16(19-15)11-20(4)14-8-6-7-12(2)9-14/h10,12,14H,5-9,11H2,1-4H3,(H,17,18,19). The van der Waals surface area contributed by atoms with E-state index in [-0.39, 0.29) is 0 Å². The summed E-state index contributed by atoms with van der Waals surface area (Å²) in [6, 6.07) is 2.70. The van der Waals surface area contributed by atoms with Gasteiger partial charge in [0, 0.05) is 24.3 Å². The lowest BCUT2D eigenvalue weighted by Crippen LogP contribution is -2.35. The summed E-state index contributed by atoms with van der Waals surface area (Å²) < 4.78 is 0. The summed E-state index contributed by atoms with van der Waals surface area (Å²) in [5.74, 6) is 2.73. The lowest BCUT2D eigenvalue weighted by atomic mass is 9.86. The minimum Gasteiger partial charge on any atom is -0.370 e. The fourth-order valence-electron chi connectivity index (χ4n) is 3.13. The molecule has 0 bridgehead atoms. The molecule has 2 atom stereocenters. The summed E-state index contributed by atoms with van der Waals surface area (Å²) in [5, 5.41) is 3.28. The molecule has 1 aliphatic rings. The fraction of sp³-hybridized carbons (Fsp3) is 0.750. The predicted molar refractivity (Wildman–Crippen MR) is 83.8 cm³/mol. The molecule has 112 valence electrons. The first-order valence-electron chi connectivity index (χ1n) is 7.87. The Bertz CT molecular complexity index is 432. The molecule has 0 spiro atoms. The van der Waals surface area contributed by atoms with E-state index in [0.717, 1.165) is 36.3 Å². The number of nitrogens with zero attached hydrogens (tertiary/aromatic N) is 3. The molecule has 0 amide bonds. The average molecular weight is 276 g/mol. The molecule has 2 rings (SSSR count). The number of rotatable bonds is 5. The van der Waals surface area contributed by atoms with Crippen molar-refractivity contribution in [2.24, 2.45) is 5.92 Å². The van der Waals surface area contributed by atoms with Crippen LogP contribution in [0.15, 0.2) is 6.07 Å². The van der Waals surface area contributed by atoms with E-state index in [1.165, 1.54) is 25.7 Å². The van der Waals surface area contributed by atoms with Gasteiger partial charge in [-0.1, -0.05) is 19.8 Å². The molecule has 0 saturated heterocycles. The van der Waals surface area contributed by atoms with E-state index >= 15 is 0 Å². The third-order valence-electron chi connectivity index (χ3n) is 4.18. The van der Waals surface area contributed by atoms with Crippen LogP contribution >= 0.6 is 0 Å². The molecule has 1 aromatic heterocycles. The van der Waals surface area contributed by atoms with Gasteiger partial charge in [-0.25, -0.2) is 9.97 Å². The largest absolute Gasteiger partial charge is 0.370 e. The highest BCUT2D eigenvalue weighted by atomic mass is 15.2. The minimum absolute atomic E-state index is 0.686. The topological polar surface area (TPSA) is 41.1 Å². The Labute approximate surface area is 123 Å². The van der Waals surface area contributed by atoms with Gasteiger partial charge in [0.05, 0.1) is 6.54 Å². The van der Waals surface area contributed by atoms with Crippen molar-refractivity contribution in [1.82, 2.24) is 14.9 Å². The Balaban J connectivity index is 2.01. The molecule has 4 heteroatoms. The molecule has 0 radical (unpaired) electrons. The van der Waals surface area contributed by atoms with Gasteiger partial charge in [0.2, 0.25) is 0 Å².